The van der Waals surface area contributed by atoms with Crippen molar-refractivity contribution in [3.63, 3.8) is 0 Å². The number of nitrogens with zero attached hydrogens (tertiary/aromatic N) is 1. The van der Waals surface area contributed by atoms with E-state index in [1.807, 2.05) is 0 Å². The lowest BCUT2D eigenvalue weighted by Crippen LogP contribution is -2.33. The molecule has 0 aliphatic heterocycles. The molecule has 1 fully saturated rings. The van der Waals surface area contributed by atoms with Crippen molar-refractivity contribution in [3.05, 3.63) is 34.1 Å². The van der Waals surface area contributed by atoms with E-state index in [0.29, 0.717) is 11.8 Å². The third-order valence-corrected chi connectivity index (χ3v) is 3.93. The van der Waals surface area contributed by atoms with Crippen molar-refractivity contribution in [2.24, 2.45) is 11.8 Å². The molecule has 2 rings (SSSR count). The van der Waals surface area contributed by atoms with Crippen molar-refractivity contribution in [1.82, 2.24) is 0 Å². The highest BCUT2D eigenvalue weighted by Crippen LogP contribution is 2.32. The largest absolute Gasteiger partial charge is 0.379 e. The van der Waals surface area contributed by atoms with Gasteiger partial charge in [-0.2, -0.15) is 0 Å². The number of hydrogen-bond acceptors (Lipinski definition) is 3. The number of halogens is 1. The third-order valence-electron chi connectivity index (χ3n) is 3.93. The first kappa shape index (κ1) is 13.8. The maximum absolute atomic E-state index is 13.7. The predicted molar refractivity (Wildman–Crippen MR) is 72.6 cm³/mol. The second-order valence-electron chi connectivity index (χ2n) is 5.57. The van der Waals surface area contributed by atoms with E-state index in [4.69, 9.17) is 0 Å². The second kappa shape index (κ2) is 5.55. The summed E-state index contributed by atoms with van der Waals surface area (Å²) in [6.45, 7) is 4.36. The summed E-state index contributed by atoms with van der Waals surface area (Å²) in [7, 11) is 0. The van der Waals surface area contributed by atoms with Crippen molar-refractivity contribution < 1.29 is 9.31 Å². The molecule has 0 bridgehead atoms. The molecule has 0 spiro atoms. The molecule has 3 atom stereocenters. The Morgan fingerprint density at radius 3 is 2.74 bits per heavy atom. The smallest absolute Gasteiger partial charge is 0.271 e. The van der Waals surface area contributed by atoms with E-state index in [1.54, 1.807) is 0 Å². The van der Waals surface area contributed by atoms with Crippen molar-refractivity contribution in [1.29, 1.82) is 0 Å². The number of non-ortho nitro benzene ring substituents is 1. The number of nitro groups is 1. The van der Waals surface area contributed by atoms with Gasteiger partial charge >= 0.3 is 0 Å². The molecule has 0 radical (unpaired) electrons. The van der Waals surface area contributed by atoms with Gasteiger partial charge in [-0.05, 0) is 37.2 Å². The quantitative estimate of drug-likeness (QED) is 0.665. The highest BCUT2D eigenvalue weighted by Gasteiger charge is 2.26. The average Bonchev–Trinajstić information content (AvgIpc) is 2.34. The molecule has 19 heavy (non-hydrogen) atoms. The van der Waals surface area contributed by atoms with E-state index in [9.17, 15) is 14.5 Å². The molecule has 1 N–H and O–H groups in total. The minimum Gasteiger partial charge on any atom is -0.379 e. The Bertz CT molecular complexity index is 479. The number of rotatable bonds is 3. The van der Waals surface area contributed by atoms with E-state index in [0.717, 1.165) is 25.3 Å². The van der Waals surface area contributed by atoms with Gasteiger partial charge < -0.3 is 5.32 Å². The van der Waals surface area contributed by atoms with E-state index in [-0.39, 0.29) is 17.4 Å². The van der Waals surface area contributed by atoms with Gasteiger partial charge in [-0.1, -0.05) is 13.8 Å². The summed E-state index contributed by atoms with van der Waals surface area (Å²) in [6.07, 6.45) is 3.19. The fourth-order valence-electron chi connectivity index (χ4n) is 2.82. The van der Waals surface area contributed by atoms with Crippen LogP contribution in [0.15, 0.2) is 18.2 Å². The van der Waals surface area contributed by atoms with Crippen LogP contribution in [0.5, 0.6) is 0 Å². The molecule has 0 saturated heterocycles. The predicted octanol–water partition coefficient (Wildman–Crippen LogP) is 3.97. The van der Waals surface area contributed by atoms with Crippen LogP contribution in [0.2, 0.25) is 0 Å². The van der Waals surface area contributed by atoms with Crippen LogP contribution in [0.1, 0.15) is 33.1 Å². The zero-order valence-corrected chi connectivity index (χ0v) is 11.2. The van der Waals surface area contributed by atoms with Crippen LogP contribution in [0.3, 0.4) is 0 Å². The van der Waals surface area contributed by atoms with Gasteiger partial charge in [-0.25, -0.2) is 4.39 Å². The molecule has 0 heterocycles. The van der Waals surface area contributed by atoms with Gasteiger partial charge in [0.2, 0.25) is 0 Å². The van der Waals surface area contributed by atoms with E-state index in [2.05, 4.69) is 19.2 Å². The van der Waals surface area contributed by atoms with Gasteiger partial charge in [0.15, 0.2) is 0 Å². The van der Waals surface area contributed by atoms with Crippen LogP contribution in [-0.2, 0) is 0 Å². The molecule has 1 aromatic rings. The minimum absolute atomic E-state index is 0.0827. The Kier molecular flexibility index (Phi) is 4.02. The molecule has 104 valence electrons. The summed E-state index contributed by atoms with van der Waals surface area (Å²) in [5.41, 5.74) is 0.154. The molecule has 3 unspecified atom stereocenters. The Morgan fingerprint density at radius 2 is 2.11 bits per heavy atom. The molecular weight excluding hydrogens is 247 g/mol. The SMILES string of the molecule is CC1CCC(Nc2cc([N+](=O)[O-])ccc2F)C(C)C1. The van der Waals surface area contributed by atoms with Gasteiger partial charge in [0.1, 0.15) is 5.82 Å². The maximum Gasteiger partial charge on any atom is 0.271 e. The molecule has 0 amide bonds. The molecule has 1 aliphatic rings. The number of nitro benzene ring substituents is 1. The minimum atomic E-state index is -0.503. The first-order valence-electron chi connectivity index (χ1n) is 6.68. The molecular formula is C14H19FN2O2. The Balaban J connectivity index is 2.14. The lowest BCUT2D eigenvalue weighted by Gasteiger charge is -2.33. The van der Waals surface area contributed by atoms with Crippen molar-refractivity contribution in [3.8, 4) is 0 Å². The summed E-state index contributed by atoms with van der Waals surface area (Å²) < 4.78 is 13.7. The van der Waals surface area contributed by atoms with Crippen LogP contribution in [0, 0.1) is 27.8 Å². The third kappa shape index (κ3) is 3.22. The summed E-state index contributed by atoms with van der Waals surface area (Å²) in [5, 5.41) is 13.9. The Hall–Kier alpha value is -1.65. The zero-order chi connectivity index (χ0) is 14.0. The Labute approximate surface area is 112 Å². The maximum atomic E-state index is 13.7. The standard InChI is InChI=1S/C14H19FN2O2/c1-9-3-6-13(10(2)7-9)16-14-8-11(17(18)19)4-5-12(14)15/h4-5,8-10,13,16H,3,6-7H2,1-2H3. The van der Waals surface area contributed by atoms with Crippen molar-refractivity contribution in [2.45, 2.75) is 39.2 Å². The van der Waals surface area contributed by atoms with Crippen LogP contribution in [0.4, 0.5) is 15.8 Å². The molecule has 1 aliphatic carbocycles. The molecule has 0 aromatic heterocycles. The summed E-state index contributed by atoms with van der Waals surface area (Å²) in [6, 6.07) is 3.80. The van der Waals surface area contributed by atoms with Gasteiger partial charge in [-0.15, -0.1) is 0 Å². The second-order valence-corrected chi connectivity index (χ2v) is 5.57. The summed E-state index contributed by atoms with van der Waals surface area (Å²) >= 11 is 0. The van der Waals surface area contributed by atoms with E-state index >= 15 is 0 Å². The fourth-order valence-corrected chi connectivity index (χ4v) is 2.82. The van der Waals surface area contributed by atoms with E-state index < -0.39 is 10.7 Å². The summed E-state index contributed by atoms with van der Waals surface area (Å²) in [5.74, 6) is 0.710. The van der Waals surface area contributed by atoms with Crippen LogP contribution < -0.4 is 5.32 Å². The number of anilines is 1. The molecule has 1 saturated carbocycles. The van der Waals surface area contributed by atoms with Crippen LogP contribution in [0.25, 0.3) is 0 Å². The van der Waals surface area contributed by atoms with Crippen LogP contribution >= 0.6 is 0 Å². The number of hydrogen-bond donors (Lipinski definition) is 1. The lowest BCUT2D eigenvalue weighted by molar-refractivity contribution is -0.384. The first-order chi connectivity index (χ1) is 8.97. The lowest BCUT2D eigenvalue weighted by atomic mass is 9.80. The van der Waals surface area contributed by atoms with Crippen LogP contribution in [-0.4, -0.2) is 11.0 Å². The topological polar surface area (TPSA) is 55.2 Å². The molecule has 1 aromatic carbocycles. The normalized spacial score (nSPS) is 27.0. The van der Waals surface area contributed by atoms with E-state index in [1.165, 1.54) is 12.1 Å². The highest BCUT2D eigenvalue weighted by atomic mass is 19.1. The highest BCUT2D eigenvalue weighted by molar-refractivity contribution is 5.53. The van der Waals surface area contributed by atoms with Gasteiger partial charge in [-0.3, -0.25) is 10.1 Å². The van der Waals surface area contributed by atoms with Crippen molar-refractivity contribution in [2.75, 3.05) is 5.32 Å². The molecule has 5 heteroatoms. The Morgan fingerprint density at radius 1 is 1.37 bits per heavy atom. The summed E-state index contributed by atoms with van der Waals surface area (Å²) in [4.78, 5) is 10.2. The molecule has 4 nitrogen and oxygen atoms in total. The van der Waals surface area contributed by atoms with Gasteiger partial charge in [0.25, 0.3) is 5.69 Å². The average molecular weight is 266 g/mol. The number of benzene rings is 1. The van der Waals surface area contributed by atoms with Gasteiger partial charge in [0, 0.05) is 18.2 Å². The monoisotopic (exact) mass is 266 g/mol. The fraction of sp³-hybridized carbons (Fsp3) is 0.571. The zero-order valence-electron chi connectivity index (χ0n) is 11.2. The first-order valence-corrected chi connectivity index (χ1v) is 6.68. The van der Waals surface area contributed by atoms with Crippen molar-refractivity contribution >= 4 is 11.4 Å². The van der Waals surface area contributed by atoms with Gasteiger partial charge in [0.05, 0.1) is 10.6 Å². The number of nitrogens with one attached hydrogen (secondary N) is 1.